The molecule has 104 valence electrons. The lowest BCUT2D eigenvalue weighted by Crippen LogP contribution is -2.56. The van der Waals surface area contributed by atoms with Crippen molar-refractivity contribution < 1.29 is 14.4 Å². The number of rotatable bonds is 2. The zero-order chi connectivity index (χ0) is 13.8. The lowest BCUT2D eigenvalue weighted by molar-refractivity contribution is -0.136. The van der Waals surface area contributed by atoms with E-state index in [2.05, 4.69) is 10.6 Å². The van der Waals surface area contributed by atoms with E-state index in [0.717, 1.165) is 12.8 Å². The molecule has 3 aliphatic rings. The van der Waals surface area contributed by atoms with E-state index in [1.807, 2.05) is 0 Å². The van der Waals surface area contributed by atoms with E-state index in [1.165, 1.54) is 0 Å². The maximum atomic E-state index is 12.4. The largest absolute Gasteiger partial charge is 0.338 e. The highest BCUT2D eigenvalue weighted by atomic mass is 16.2. The van der Waals surface area contributed by atoms with E-state index in [-0.39, 0.29) is 24.3 Å². The second kappa shape index (κ2) is 3.69. The zero-order valence-corrected chi connectivity index (χ0v) is 10.9. The van der Waals surface area contributed by atoms with Crippen LogP contribution in [0.2, 0.25) is 0 Å². The highest BCUT2D eigenvalue weighted by Crippen LogP contribution is 2.40. The summed E-state index contributed by atoms with van der Waals surface area (Å²) in [5, 5.41) is 4.85. The molecule has 2 unspecified atom stereocenters. The monoisotopic (exact) mass is 266 g/mol. The Morgan fingerprint density at radius 3 is 2.68 bits per heavy atom. The number of nitrogens with one attached hydrogen (secondary N) is 2. The molecule has 2 aliphatic heterocycles. The molecule has 2 atom stereocenters. The van der Waals surface area contributed by atoms with Gasteiger partial charge in [0.1, 0.15) is 5.54 Å². The fraction of sp³-hybridized carbons (Fsp3) is 0.750. The fourth-order valence-electron chi connectivity index (χ4n) is 3.00. The standard InChI is InChI=1S/C12H18N4O3/c1-11(13,7-2-3-7)9(18)16-5-4-12(6-16)8(17)14-10(19)15-12/h7H,2-6,13H2,1H3,(H2,14,15,17,19). The van der Waals surface area contributed by atoms with E-state index < -0.39 is 17.1 Å². The van der Waals surface area contributed by atoms with Gasteiger partial charge in [0.25, 0.3) is 5.91 Å². The maximum absolute atomic E-state index is 12.4. The van der Waals surface area contributed by atoms with Crippen LogP contribution in [0, 0.1) is 5.92 Å². The number of nitrogens with two attached hydrogens (primary N) is 1. The molecule has 3 rings (SSSR count). The minimum Gasteiger partial charge on any atom is -0.338 e. The fourth-order valence-corrected chi connectivity index (χ4v) is 3.00. The number of hydrogen-bond donors (Lipinski definition) is 3. The summed E-state index contributed by atoms with van der Waals surface area (Å²) in [5.41, 5.74) is 4.31. The first-order valence-electron chi connectivity index (χ1n) is 6.57. The number of amides is 4. The lowest BCUT2D eigenvalue weighted by Gasteiger charge is -2.30. The van der Waals surface area contributed by atoms with E-state index in [0.29, 0.717) is 13.0 Å². The van der Waals surface area contributed by atoms with E-state index >= 15 is 0 Å². The average Bonchev–Trinajstić information content (AvgIpc) is 3.06. The average molecular weight is 266 g/mol. The molecule has 0 aromatic carbocycles. The Kier molecular flexibility index (Phi) is 2.41. The predicted octanol–water partition coefficient (Wildman–Crippen LogP) is -1.08. The Hall–Kier alpha value is -1.63. The molecule has 0 aromatic rings. The number of carbonyl (C=O) groups excluding carboxylic acids is 3. The molecule has 1 spiro atoms. The van der Waals surface area contributed by atoms with Gasteiger partial charge in [-0.3, -0.25) is 14.9 Å². The van der Waals surface area contributed by atoms with Crippen molar-refractivity contribution in [1.82, 2.24) is 15.5 Å². The topological polar surface area (TPSA) is 105 Å². The summed E-state index contributed by atoms with van der Waals surface area (Å²) in [7, 11) is 0. The van der Waals surface area contributed by atoms with Crippen molar-refractivity contribution in [1.29, 1.82) is 0 Å². The van der Waals surface area contributed by atoms with Crippen LogP contribution in [0.3, 0.4) is 0 Å². The summed E-state index contributed by atoms with van der Waals surface area (Å²) in [5.74, 6) is -0.234. The summed E-state index contributed by atoms with van der Waals surface area (Å²) in [6.45, 7) is 2.42. The molecule has 1 saturated carbocycles. The summed E-state index contributed by atoms with van der Waals surface area (Å²) in [4.78, 5) is 37.1. The van der Waals surface area contributed by atoms with Gasteiger partial charge < -0.3 is 16.0 Å². The number of likely N-dealkylation sites (tertiary alicyclic amines) is 1. The number of carbonyl (C=O) groups is 3. The van der Waals surface area contributed by atoms with Crippen molar-refractivity contribution in [3.8, 4) is 0 Å². The van der Waals surface area contributed by atoms with Crippen LogP contribution in [0.4, 0.5) is 4.79 Å². The van der Waals surface area contributed by atoms with Crippen molar-refractivity contribution >= 4 is 17.8 Å². The second-order valence-electron chi connectivity index (χ2n) is 6.02. The van der Waals surface area contributed by atoms with Crippen LogP contribution in [0.15, 0.2) is 0 Å². The third-order valence-electron chi connectivity index (χ3n) is 4.46. The molecule has 4 N–H and O–H groups in total. The molecule has 0 radical (unpaired) electrons. The van der Waals surface area contributed by atoms with Crippen molar-refractivity contribution in [3.05, 3.63) is 0 Å². The first kappa shape index (κ1) is 12.4. The summed E-state index contributed by atoms with van der Waals surface area (Å²) >= 11 is 0. The third kappa shape index (κ3) is 1.80. The van der Waals surface area contributed by atoms with Gasteiger partial charge in [0.05, 0.1) is 12.1 Å². The van der Waals surface area contributed by atoms with Crippen LogP contribution in [-0.2, 0) is 9.59 Å². The molecule has 0 aromatic heterocycles. The molecule has 7 heteroatoms. The highest BCUT2D eigenvalue weighted by Gasteiger charge is 2.54. The van der Waals surface area contributed by atoms with E-state index in [9.17, 15) is 14.4 Å². The first-order chi connectivity index (χ1) is 8.85. The molecule has 19 heavy (non-hydrogen) atoms. The van der Waals surface area contributed by atoms with Crippen molar-refractivity contribution in [2.24, 2.45) is 11.7 Å². The van der Waals surface area contributed by atoms with Crippen LogP contribution in [0.5, 0.6) is 0 Å². The van der Waals surface area contributed by atoms with Gasteiger partial charge in [-0.2, -0.15) is 0 Å². The smallest absolute Gasteiger partial charge is 0.322 e. The van der Waals surface area contributed by atoms with E-state index in [4.69, 9.17) is 5.73 Å². The minimum atomic E-state index is -0.952. The molecule has 4 amide bonds. The Morgan fingerprint density at radius 2 is 2.16 bits per heavy atom. The Balaban J connectivity index is 1.74. The summed E-state index contributed by atoms with van der Waals surface area (Å²) in [6, 6.07) is -0.489. The van der Waals surface area contributed by atoms with Gasteiger partial charge in [-0.1, -0.05) is 0 Å². The molecule has 0 bridgehead atoms. The lowest BCUT2D eigenvalue weighted by atomic mass is 9.95. The predicted molar refractivity (Wildman–Crippen MR) is 65.9 cm³/mol. The number of nitrogens with zero attached hydrogens (tertiary/aromatic N) is 1. The van der Waals surface area contributed by atoms with Gasteiger partial charge in [-0.25, -0.2) is 4.79 Å². The quantitative estimate of drug-likeness (QED) is 0.553. The first-order valence-corrected chi connectivity index (χ1v) is 6.57. The Morgan fingerprint density at radius 1 is 1.47 bits per heavy atom. The number of hydrogen-bond acceptors (Lipinski definition) is 4. The van der Waals surface area contributed by atoms with Crippen LogP contribution >= 0.6 is 0 Å². The molecular formula is C12H18N4O3. The molecule has 7 nitrogen and oxygen atoms in total. The van der Waals surface area contributed by atoms with Gasteiger partial charge >= 0.3 is 6.03 Å². The van der Waals surface area contributed by atoms with Crippen molar-refractivity contribution in [3.63, 3.8) is 0 Å². The van der Waals surface area contributed by atoms with Gasteiger partial charge in [0.2, 0.25) is 5.91 Å². The van der Waals surface area contributed by atoms with Gasteiger partial charge in [0, 0.05) is 6.54 Å². The van der Waals surface area contributed by atoms with Crippen molar-refractivity contribution in [2.75, 3.05) is 13.1 Å². The number of imide groups is 1. The Bertz CT molecular complexity index is 472. The van der Waals surface area contributed by atoms with Crippen LogP contribution in [0.25, 0.3) is 0 Å². The number of urea groups is 1. The SMILES string of the molecule is CC(N)(C(=O)N1CCC2(C1)NC(=O)NC2=O)C1CC1. The minimum absolute atomic E-state index is 0.124. The van der Waals surface area contributed by atoms with Crippen LogP contribution in [0.1, 0.15) is 26.2 Å². The molecule has 3 fully saturated rings. The molecule has 1 aliphatic carbocycles. The summed E-state index contributed by atoms with van der Waals surface area (Å²) in [6.07, 6.45) is 2.40. The van der Waals surface area contributed by atoms with Crippen LogP contribution in [-0.4, -0.2) is 46.9 Å². The highest BCUT2D eigenvalue weighted by molar-refractivity contribution is 6.07. The maximum Gasteiger partial charge on any atom is 0.322 e. The van der Waals surface area contributed by atoms with Gasteiger partial charge in [-0.05, 0) is 32.1 Å². The van der Waals surface area contributed by atoms with Gasteiger partial charge in [-0.15, -0.1) is 0 Å². The van der Waals surface area contributed by atoms with Crippen LogP contribution < -0.4 is 16.4 Å². The van der Waals surface area contributed by atoms with Crippen molar-refractivity contribution in [2.45, 2.75) is 37.3 Å². The molecular weight excluding hydrogens is 248 g/mol. The molecule has 2 saturated heterocycles. The normalized spacial score (nSPS) is 33.3. The zero-order valence-electron chi connectivity index (χ0n) is 10.9. The van der Waals surface area contributed by atoms with E-state index in [1.54, 1.807) is 11.8 Å². The van der Waals surface area contributed by atoms with Gasteiger partial charge in [0.15, 0.2) is 0 Å². The summed E-state index contributed by atoms with van der Waals surface area (Å²) < 4.78 is 0. The third-order valence-corrected chi connectivity index (χ3v) is 4.46. The molecule has 2 heterocycles. The Labute approximate surface area is 110 Å². The second-order valence-corrected chi connectivity index (χ2v) is 6.02.